The number of fused-ring (bicyclic) bond motifs is 3. The molecule has 0 amide bonds. The van der Waals surface area contributed by atoms with Crippen molar-refractivity contribution in [3.63, 3.8) is 0 Å². The number of para-hydroxylation sites is 1. The Morgan fingerprint density at radius 1 is 0.659 bits per heavy atom. The molecule has 5 aromatic carbocycles. The van der Waals surface area contributed by atoms with Gasteiger partial charge in [0.15, 0.2) is 0 Å². The Morgan fingerprint density at radius 2 is 1.29 bits per heavy atom. The molecule has 0 spiro atoms. The van der Waals surface area contributed by atoms with E-state index in [1.54, 1.807) is 0 Å². The predicted octanol–water partition coefficient (Wildman–Crippen LogP) is 10.9. The lowest BCUT2D eigenvalue weighted by Gasteiger charge is -2.26. The standard InChI is InChI=1S/C39H34N2/c1-5-28(2)15-18-30(4)40(33-23-19-32(20-24-33)31-11-7-6-8-12-31)35-25-26-39-37(27-35)36-13-9-10-14-38(36)41(39)34-21-16-29(3)17-22-34/h5-27H,4H2,1-3H3/b18-15-,28-5-. The summed E-state index contributed by atoms with van der Waals surface area (Å²) in [6.45, 7) is 10.8. The number of anilines is 2. The monoisotopic (exact) mass is 530 g/mol. The Labute approximate surface area is 242 Å². The first kappa shape index (κ1) is 26.2. The van der Waals surface area contributed by atoms with Crippen LogP contribution in [0.3, 0.4) is 0 Å². The van der Waals surface area contributed by atoms with E-state index in [2.05, 4.69) is 176 Å². The molecule has 2 nitrogen and oxygen atoms in total. The molecular formula is C39H34N2. The minimum absolute atomic E-state index is 0.903. The van der Waals surface area contributed by atoms with Gasteiger partial charge >= 0.3 is 0 Å². The fraction of sp³-hybridized carbons (Fsp3) is 0.0769. The third-order valence-corrected chi connectivity index (χ3v) is 7.72. The maximum absolute atomic E-state index is 4.50. The third-order valence-electron chi connectivity index (χ3n) is 7.72. The molecule has 0 saturated carbocycles. The molecule has 6 rings (SSSR count). The van der Waals surface area contributed by atoms with Crippen molar-refractivity contribution in [2.45, 2.75) is 20.8 Å². The van der Waals surface area contributed by atoms with Crippen LogP contribution in [0.25, 0.3) is 38.6 Å². The lowest BCUT2D eigenvalue weighted by atomic mass is 10.0. The topological polar surface area (TPSA) is 8.17 Å². The van der Waals surface area contributed by atoms with Crippen LogP contribution in [0.1, 0.15) is 19.4 Å². The Kier molecular flexibility index (Phi) is 7.14. The number of hydrogen-bond acceptors (Lipinski definition) is 1. The molecule has 0 saturated heterocycles. The summed E-state index contributed by atoms with van der Waals surface area (Å²) in [7, 11) is 0. The van der Waals surface area contributed by atoms with Gasteiger partial charge in [0.2, 0.25) is 0 Å². The van der Waals surface area contributed by atoms with Crippen LogP contribution < -0.4 is 4.90 Å². The lowest BCUT2D eigenvalue weighted by molar-refractivity contribution is 1.17. The second-order valence-electron chi connectivity index (χ2n) is 10.5. The Morgan fingerprint density at radius 3 is 2.02 bits per heavy atom. The van der Waals surface area contributed by atoms with Crippen molar-refractivity contribution in [3.8, 4) is 16.8 Å². The van der Waals surface area contributed by atoms with E-state index in [4.69, 9.17) is 0 Å². The quantitative estimate of drug-likeness (QED) is 0.186. The molecule has 200 valence electrons. The van der Waals surface area contributed by atoms with Crippen molar-refractivity contribution in [1.29, 1.82) is 0 Å². The first-order valence-corrected chi connectivity index (χ1v) is 14.1. The summed E-state index contributed by atoms with van der Waals surface area (Å²) in [6.07, 6.45) is 6.32. The highest BCUT2D eigenvalue weighted by atomic mass is 15.1. The zero-order valence-corrected chi connectivity index (χ0v) is 23.9. The van der Waals surface area contributed by atoms with Gasteiger partial charge in [-0.05, 0) is 86.5 Å². The van der Waals surface area contributed by atoms with Crippen LogP contribution in [0.15, 0.2) is 157 Å². The van der Waals surface area contributed by atoms with E-state index in [1.165, 1.54) is 44.1 Å². The van der Waals surface area contributed by atoms with Gasteiger partial charge in [-0.25, -0.2) is 0 Å². The van der Waals surface area contributed by atoms with Crippen LogP contribution in [0.4, 0.5) is 11.4 Å². The third kappa shape index (κ3) is 5.13. The molecule has 0 unspecified atom stereocenters. The highest BCUT2D eigenvalue weighted by Crippen LogP contribution is 2.38. The molecule has 0 aliphatic carbocycles. The normalized spacial score (nSPS) is 11.9. The van der Waals surface area contributed by atoms with E-state index in [-0.39, 0.29) is 0 Å². The summed E-state index contributed by atoms with van der Waals surface area (Å²) in [6, 6.07) is 43.4. The fourth-order valence-electron chi connectivity index (χ4n) is 5.38. The lowest BCUT2D eigenvalue weighted by Crippen LogP contribution is -2.14. The number of aromatic nitrogens is 1. The molecule has 41 heavy (non-hydrogen) atoms. The van der Waals surface area contributed by atoms with Gasteiger partial charge in [-0.1, -0.05) is 103 Å². The predicted molar refractivity (Wildman–Crippen MR) is 177 cm³/mol. The molecule has 0 fully saturated rings. The summed E-state index contributed by atoms with van der Waals surface area (Å²) in [5, 5.41) is 2.45. The van der Waals surface area contributed by atoms with E-state index in [0.717, 1.165) is 22.8 Å². The van der Waals surface area contributed by atoms with E-state index >= 15 is 0 Å². The number of benzene rings is 5. The molecule has 0 atom stereocenters. The van der Waals surface area contributed by atoms with Crippen molar-refractivity contribution in [1.82, 2.24) is 4.57 Å². The van der Waals surface area contributed by atoms with Gasteiger partial charge in [-0.2, -0.15) is 0 Å². The smallest absolute Gasteiger partial charge is 0.0542 e. The minimum Gasteiger partial charge on any atom is -0.311 e. The maximum Gasteiger partial charge on any atom is 0.0542 e. The zero-order valence-electron chi connectivity index (χ0n) is 23.9. The second-order valence-corrected chi connectivity index (χ2v) is 10.5. The molecule has 0 N–H and O–H groups in total. The van der Waals surface area contributed by atoms with Gasteiger partial charge in [0, 0.05) is 33.5 Å². The summed E-state index contributed by atoms with van der Waals surface area (Å²) < 4.78 is 2.36. The highest BCUT2D eigenvalue weighted by Gasteiger charge is 2.17. The first-order valence-electron chi connectivity index (χ1n) is 14.1. The van der Waals surface area contributed by atoms with Crippen molar-refractivity contribution in [3.05, 3.63) is 163 Å². The van der Waals surface area contributed by atoms with Crippen molar-refractivity contribution in [2.24, 2.45) is 0 Å². The van der Waals surface area contributed by atoms with Crippen LogP contribution in [-0.2, 0) is 0 Å². The minimum atomic E-state index is 0.903. The molecule has 0 radical (unpaired) electrons. The largest absolute Gasteiger partial charge is 0.311 e. The van der Waals surface area contributed by atoms with Gasteiger partial charge in [-0.3, -0.25) is 0 Å². The number of nitrogens with zero attached hydrogens (tertiary/aromatic N) is 2. The van der Waals surface area contributed by atoms with Crippen LogP contribution in [0, 0.1) is 6.92 Å². The SMILES string of the molecule is C=C(/C=C\C(C)=C/C)N(c1ccc(-c2ccccc2)cc1)c1ccc2c(c1)c1ccccc1n2-c1ccc(C)cc1. The molecule has 1 aromatic heterocycles. The maximum atomic E-state index is 4.50. The van der Waals surface area contributed by atoms with Crippen LogP contribution in [0.2, 0.25) is 0 Å². The van der Waals surface area contributed by atoms with Gasteiger partial charge in [0.05, 0.1) is 11.0 Å². The summed E-state index contributed by atoms with van der Waals surface area (Å²) in [4.78, 5) is 2.24. The second kappa shape index (κ2) is 11.2. The fourth-order valence-corrected chi connectivity index (χ4v) is 5.38. The average molecular weight is 531 g/mol. The molecular weight excluding hydrogens is 496 g/mol. The highest BCUT2D eigenvalue weighted by molar-refractivity contribution is 6.10. The first-order chi connectivity index (χ1) is 20.0. The van der Waals surface area contributed by atoms with Crippen molar-refractivity contribution in [2.75, 3.05) is 4.90 Å². The molecule has 0 aliphatic heterocycles. The van der Waals surface area contributed by atoms with Crippen LogP contribution >= 0.6 is 0 Å². The number of rotatable bonds is 7. The Hall–Kier alpha value is -5.08. The molecule has 0 aliphatic rings. The van der Waals surface area contributed by atoms with E-state index in [9.17, 15) is 0 Å². The summed E-state index contributed by atoms with van der Waals surface area (Å²) in [5.74, 6) is 0. The number of hydrogen-bond donors (Lipinski definition) is 0. The van der Waals surface area contributed by atoms with Crippen LogP contribution in [-0.4, -0.2) is 4.57 Å². The molecule has 6 aromatic rings. The Bertz CT molecular complexity index is 1900. The van der Waals surface area contributed by atoms with E-state index < -0.39 is 0 Å². The number of allylic oxidation sites excluding steroid dienone is 4. The van der Waals surface area contributed by atoms with Crippen molar-refractivity contribution < 1.29 is 0 Å². The van der Waals surface area contributed by atoms with Crippen molar-refractivity contribution >= 4 is 33.2 Å². The van der Waals surface area contributed by atoms with E-state index in [0.29, 0.717) is 0 Å². The van der Waals surface area contributed by atoms with Gasteiger partial charge in [0.25, 0.3) is 0 Å². The van der Waals surface area contributed by atoms with Gasteiger partial charge in [-0.15, -0.1) is 0 Å². The molecule has 2 heteroatoms. The molecule has 1 heterocycles. The number of aryl methyl sites for hydroxylation is 1. The van der Waals surface area contributed by atoms with E-state index in [1.807, 2.05) is 0 Å². The molecule has 0 bridgehead atoms. The average Bonchev–Trinajstić information content (AvgIpc) is 3.35. The Balaban J connectivity index is 1.50. The zero-order chi connectivity index (χ0) is 28.3. The summed E-state index contributed by atoms with van der Waals surface area (Å²) in [5.41, 5.74) is 11.4. The van der Waals surface area contributed by atoms with Crippen LogP contribution in [0.5, 0.6) is 0 Å². The van der Waals surface area contributed by atoms with Gasteiger partial charge < -0.3 is 9.47 Å². The van der Waals surface area contributed by atoms with Gasteiger partial charge in [0.1, 0.15) is 0 Å². The summed E-state index contributed by atoms with van der Waals surface area (Å²) >= 11 is 0.